The molecule has 0 aromatic heterocycles. The Kier molecular flexibility index (Phi) is 58.5. The summed E-state index contributed by atoms with van der Waals surface area (Å²) in [6.07, 6.45) is 77.0. The number of unbranched alkanes of at least 4 members (excludes halogenated alkanes) is 39. The minimum Gasteiger partial charge on any atom is -0.466 e. The van der Waals surface area contributed by atoms with Gasteiger partial charge in [0.2, 0.25) is 5.91 Å². The summed E-state index contributed by atoms with van der Waals surface area (Å²) in [6, 6.07) is -0.588. The first-order valence-electron chi connectivity index (χ1n) is 31.4. The van der Waals surface area contributed by atoms with E-state index in [1.54, 1.807) is 0 Å². The monoisotopic (exact) mass is 996 g/mol. The van der Waals surface area contributed by atoms with E-state index in [1.807, 2.05) is 6.08 Å². The lowest BCUT2D eigenvalue weighted by Gasteiger charge is -2.22. The Bertz CT molecular complexity index is 1190. The van der Waals surface area contributed by atoms with Gasteiger partial charge in [0.25, 0.3) is 0 Å². The molecule has 0 aliphatic rings. The highest BCUT2D eigenvalue weighted by Gasteiger charge is 2.20. The number of aliphatic hydroxyl groups excluding tert-OH is 2. The second-order valence-electron chi connectivity index (χ2n) is 21.4. The summed E-state index contributed by atoms with van der Waals surface area (Å²) in [5.74, 6) is -0.134. The van der Waals surface area contributed by atoms with Gasteiger partial charge in [-0.2, -0.15) is 0 Å². The van der Waals surface area contributed by atoms with E-state index in [0.717, 1.165) is 57.8 Å². The highest BCUT2D eigenvalue weighted by atomic mass is 16.5. The second-order valence-corrected chi connectivity index (χ2v) is 21.4. The summed E-state index contributed by atoms with van der Waals surface area (Å²) in [6.45, 7) is 4.88. The fraction of sp³-hybridized carbons (Fsp3) is 0.846. The van der Waals surface area contributed by atoms with E-state index in [-0.39, 0.29) is 18.5 Å². The molecule has 0 bridgehead atoms. The molecule has 416 valence electrons. The van der Waals surface area contributed by atoms with Gasteiger partial charge < -0.3 is 20.3 Å². The molecule has 71 heavy (non-hydrogen) atoms. The first-order valence-corrected chi connectivity index (χ1v) is 31.4. The number of amides is 1. The maximum atomic E-state index is 12.5. The van der Waals surface area contributed by atoms with Crippen LogP contribution in [0.5, 0.6) is 0 Å². The fourth-order valence-corrected chi connectivity index (χ4v) is 9.54. The van der Waals surface area contributed by atoms with Crippen molar-refractivity contribution in [1.82, 2.24) is 5.32 Å². The van der Waals surface area contributed by atoms with Crippen molar-refractivity contribution in [2.45, 2.75) is 341 Å². The van der Waals surface area contributed by atoms with Gasteiger partial charge in [0.15, 0.2) is 0 Å². The zero-order valence-electron chi connectivity index (χ0n) is 47.5. The SMILES string of the molecule is CCCCC/C=C\C/C=C\CCCCCCCCCCCC(=O)OCCCCCCCC/C=C\C/C=C\CCC(=O)NC(CO)C(O)CCCCCCCCCCCCCCCCCCCCCCCC. The van der Waals surface area contributed by atoms with E-state index < -0.39 is 12.1 Å². The predicted octanol–water partition coefficient (Wildman–Crippen LogP) is 19.7. The van der Waals surface area contributed by atoms with Crippen LogP contribution in [0, 0.1) is 0 Å². The molecule has 2 unspecified atom stereocenters. The number of hydrogen-bond acceptors (Lipinski definition) is 5. The van der Waals surface area contributed by atoms with Crippen molar-refractivity contribution in [1.29, 1.82) is 0 Å². The lowest BCUT2D eigenvalue weighted by molar-refractivity contribution is -0.143. The van der Waals surface area contributed by atoms with E-state index in [2.05, 4.69) is 61.7 Å². The summed E-state index contributed by atoms with van der Waals surface area (Å²) in [5, 5.41) is 23.3. The molecule has 6 heteroatoms. The molecular weight excluding hydrogens is 875 g/mol. The van der Waals surface area contributed by atoms with Gasteiger partial charge >= 0.3 is 5.97 Å². The van der Waals surface area contributed by atoms with Crippen molar-refractivity contribution in [2.75, 3.05) is 13.2 Å². The van der Waals surface area contributed by atoms with E-state index in [4.69, 9.17) is 4.74 Å². The quantitative estimate of drug-likeness (QED) is 0.0321. The van der Waals surface area contributed by atoms with Crippen molar-refractivity contribution >= 4 is 11.9 Å². The summed E-state index contributed by atoms with van der Waals surface area (Å²) < 4.78 is 5.48. The molecular formula is C65H121NO5. The largest absolute Gasteiger partial charge is 0.466 e. The number of esters is 1. The lowest BCUT2D eigenvalue weighted by atomic mass is 10.0. The second kappa shape index (κ2) is 60.4. The number of nitrogens with one attached hydrogen (secondary N) is 1. The van der Waals surface area contributed by atoms with Crippen molar-refractivity contribution < 1.29 is 24.5 Å². The van der Waals surface area contributed by atoms with Crippen molar-refractivity contribution in [3.8, 4) is 0 Å². The van der Waals surface area contributed by atoms with Crippen LogP contribution in [0.15, 0.2) is 48.6 Å². The van der Waals surface area contributed by atoms with Crippen LogP contribution >= 0.6 is 0 Å². The highest BCUT2D eigenvalue weighted by Crippen LogP contribution is 2.17. The van der Waals surface area contributed by atoms with Crippen molar-refractivity contribution in [3.63, 3.8) is 0 Å². The Morgan fingerprint density at radius 2 is 0.718 bits per heavy atom. The van der Waals surface area contributed by atoms with Crippen LogP contribution in [0.1, 0.15) is 328 Å². The number of rotatable bonds is 58. The maximum Gasteiger partial charge on any atom is 0.305 e. The first-order chi connectivity index (χ1) is 35.0. The highest BCUT2D eigenvalue weighted by molar-refractivity contribution is 5.76. The van der Waals surface area contributed by atoms with Crippen LogP contribution in [0.4, 0.5) is 0 Å². The topological polar surface area (TPSA) is 95.9 Å². The Morgan fingerprint density at radius 3 is 1.13 bits per heavy atom. The van der Waals surface area contributed by atoms with Crippen LogP contribution in [0.3, 0.4) is 0 Å². The average molecular weight is 997 g/mol. The summed E-state index contributed by atoms with van der Waals surface area (Å²) in [5.41, 5.74) is 0. The molecule has 0 aromatic carbocycles. The van der Waals surface area contributed by atoms with Crippen molar-refractivity contribution in [3.05, 3.63) is 48.6 Å². The van der Waals surface area contributed by atoms with Crippen LogP contribution in [-0.4, -0.2) is 47.4 Å². The van der Waals surface area contributed by atoms with Crippen LogP contribution in [-0.2, 0) is 14.3 Å². The molecule has 6 nitrogen and oxygen atoms in total. The smallest absolute Gasteiger partial charge is 0.305 e. The zero-order chi connectivity index (χ0) is 51.4. The van der Waals surface area contributed by atoms with Crippen LogP contribution in [0.25, 0.3) is 0 Å². The van der Waals surface area contributed by atoms with E-state index in [9.17, 15) is 19.8 Å². The summed E-state index contributed by atoms with van der Waals surface area (Å²) in [4.78, 5) is 24.6. The molecule has 0 spiro atoms. The average Bonchev–Trinajstić information content (AvgIpc) is 3.37. The van der Waals surface area contributed by atoms with Crippen molar-refractivity contribution in [2.24, 2.45) is 0 Å². The molecule has 1 amide bonds. The minimum atomic E-state index is -0.702. The Morgan fingerprint density at radius 1 is 0.394 bits per heavy atom. The maximum absolute atomic E-state index is 12.5. The molecule has 0 saturated carbocycles. The molecule has 0 aliphatic heterocycles. The standard InChI is InChI=1S/C65H121NO5/c1-3-5-7-9-11-13-15-17-19-21-23-24-25-27-28-30-33-37-41-45-49-53-57-63(68)62(61-67)66-64(69)58-54-50-46-42-38-34-32-36-40-44-48-52-56-60-71-65(70)59-55-51-47-43-39-35-31-29-26-22-20-18-16-14-12-10-8-6-4-2/h12,14,18,20,34,38,46,50,62-63,67-68H,3-11,13,15-17,19,21-33,35-37,39-45,47-49,51-61H2,1-2H3,(H,66,69)/b14-12-,20-18-,38-34-,50-46-. The number of hydrogen-bond donors (Lipinski definition) is 3. The number of carbonyl (C=O) groups excluding carboxylic acids is 2. The van der Waals surface area contributed by atoms with E-state index in [1.165, 1.54) is 231 Å². The third-order valence-corrected chi connectivity index (χ3v) is 14.4. The molecule has 0 aliphatic carbocycles. The first kappa shape index (κ1) is 68.8. The van der Waals surface area contributed by atoms with Gasteiger partial charge in [-0.3, -0.25) is 9.59 Å². The van der Waals surface area contributed by atoms with Gasteiger partial charge in [-0.05, 0) is 77.0 Å². The lowest BCUT2D eigenvalue weighted by Crippen LogP contribution is -2.45. The molecule has 0 fully saturated rings. The Balaban J connectivity index is 3.52. The normalized spacial score (nSPS) is 12.9. The third-order valence-electron chi connectivity index (χ3n) is 14.4. The summed E-state index contributed by atoms with van der Waals surface area (Å²) in [7, 11) is 0. The van der Waals surface area contributed by atoms with Gasteiger partial charge in [-0.15, -0.1) is 0 Å². The summed E-state index contributed by atoms with van der Waals surface area (Å²) >= 11 is 0. The number of ether oxygens (including phenoxy) is 1. The molecule has 0 heterocycles. The third kappa shape index (κ3) is 57.0. The Labute approximate surface area is 442 Å². The molecule has 2 atom stereocenters. The molecule has 0 rings (SSSR count). The number of allylic oxidation sites excluding steroid dienone is 8. The number of aliphatic hydroxyl groups is 2. The van der Waals surface area contributed by atoms with Gasteiger partial charge in [-0.1, -0.05) is 287 Å². The molecule has 0 radical (unpaired) electrons. The molecule has 3 N–H and O–H groups in total. The van der Waals surface area contributed by atoms with Crippen LogP contribution < -0.4 is 5.32 Å². The Hall–Kier alpha value is -2.18. The molecule has 0 saturated heterocycles. The number of carbonyl (C=O) groups is 2. The van der Waals surface area contributed by atoms with E-state index in [0.29, 0.717) is 32.3 Å². The fourth-order valence-electron chi connectivity index (χ4n) is 9.54. The van der Waals surface area contributed by atoms with Gasteiger partial charge in [0.05, 0.1) is 25.4 Å². The predicted molar refractivity (Wildman–Crippen MR) is 310 cm³/mol. The van der Waals surface area contributed by atoms with Gasteiger partial charge in [-0.25, -0.2) is 0 Å². The minimum absolute atomic E-state index is 0.0204. The van der Waals surface area contributed by atoms with Gasteiger partial charge in [0.1, 0.15) is 0 Å². The molecule has 0 aromatic rings. The van der Waals surface area contributed by atoms with Crippen LogP contribution in [0.2, 0.25) is 0 Å². The zero-order valence-corrected chi connectivity index (χ0v) is 47.5. The van der Waals surface area contributed by atoms with E-state index >= 15 is 0 Å². The van der Waals surface area contributed by atoms with Gasteiger partial charge in [0, 0.05) is 12.8 Å².